The summed E-state index contributed by atoms with van der Waals surface area (Å²) < 4.78 is 5.52. The maximum atomic E-state index is 12.7. The molecular weight excluding hydrogens is 440 g/mol. The third-order valence-corrected chi connectivity index (χ3v) is 5.46. The highest BCUT2D eigenvalue weighted by molar-refractivity contribution is 9.10. The Morgan fingerprint density at radius 2 is 1.89 bits per heavy atom. The number of anilines is 1. The SMILES string of the molecule is COC(=O)c1cc(Br)ccc1NC(=O)c1cccc(CSc2ccncc2)c1. The van der Waals surface area contributed by atoms with Crippen LogP contribution in [0.2, 0.25) is 0 Å². The van der Waals surface area contributed by atoms with Crippen LogP contribution >= 0.6 is 27.7 Å². The summed E-state index contributed by atoms with van der Waals surface area (Å²) in [5.41, 5.74) is 2.23. The quantitative estimate of drug-likeness (QED) is 0.408. The molecule has 0 bridgehead atoms. The zero-order chi connectivity index (χ0) is 19.9. The van der Waals surface area contributed by atoms with E-state index in [1.807, 2.05) is 30.3 Å². The van der Waals surface area contributed by atoms with Gasteiger partial charge in [-0.1, -0.05) is 28.1 Å². The van der Waals surface area contributed by atoms with Crippen LogP contribution in [-0.4, -0.2) is 24.0 Å². The molecule has 3 rings (SSSR count). The van der Waals surface area contributed by atoms with Crippen molar-refractivity contribution in [2.45, 2.75) is 10.6 Å². The first-order valence-corrected chi connectivity index (χ1v) is 10.2. The Labute approximate surface area is 175 Å². The van der Waals surface area contributed by atoms with E-state index >= 15 is 0 Å². The lowest BCUT2D eigenvalue weighted by atomic mass is 10.1. The third kappa shape index (κ3) is 5.21. The second-order valence-electron chi connectivity index (χ2n) is 5.81. The molecule has 0 unspecified atom stereocenters. The number of esters is 1. The smallest absolute Gasteiger partial charge is 0.340 e. The van der Waals surface area contributed by atoms with Crippen molar-refractivity contribution in [3.63, 3.8) is 0 Å². The molecule has 7 heteroatoms. The van der Waals surface area contributed by atoms with Gasteiger partial charge in [0, 0.05) is 33.1 Å². The lowest BCUT2D eigenvalue weighted by molar-refractivity contribution is 0.0602. The van der Waals surface area contributed by atoms with Gasteiger partial charge >= 0.3 is 5.97 Å². The lowest BCUT2D eigenvalue weighted by Gasteiger charge is -2.11. The molecular formula is C21H17BrN2O3S. The molecule has 1 N–H and O–H groups in total. The number of hydrogen-bond acceptors (Lipinski definition) is 5. The van der Waals surface area contributed by atoms with Crippen molar-refractivity contribution in [1.82, 2.24) is 4.98 Å². The van der Waals surface area contributed by atoms with Gasteiger partial charge in [0.05, 0.1) is 18.4 Å². The van der Waals surface area contributed by atoms with Gasteiger partial charge in [-0.25, -0.2) is 4.79 Å². The summed E-state index contributed by atoms with van der Waals surface area (Å²) >= 11 is 4.99. The number of ether oxygens (including phenoxy) is 1. The standard InChI is InChI=1S/C21H17BrN2O3S/c1-27-21(26)18-12-16(22)5-6-19(18)24-20(25)15-4-2-3-14(11-15)13-28-17-7-9-23-10-8-17/h2-12H,13H2,1H3,(H,24,25). The number of nitrogens with zero attached hydrogens (tertiary/aromatic N) is 1. The van der Waals surface area contributed by atoms with E-state index in [0.29, 0.717) is 11.3 Å². The number of pyridine rings is 1. The zero-order valence-electron chi connectivity index (χ0n) is 15.0. The number of benzene rings is 2. The summed E-state index contributed by atoms with van der Waals surface area (Å²) in [4.78, 5) is 29.8. The fourth-order valence-electron chi connectivity index (χ4n) is 2.50. The number of carbonyl (C=O) groups is 2. The Hall–Kier alpha value is -2.64. The van der Waals surface area contributed by atoms with Crippen LogP contribution in [0.15, 0.2) is 76.4 Å². The van der Waals surface area contributed by atoms with Gasteiger partial charge in [0.15, 0.2) is 0 Å². The van der Waals surface area contributed by atoms with E-state index in [1.165, 1.54) is 7.11 Å². The van der Waals surface area contributed by atoms with Crippen molar-refractivity contribution in [1.29, 1.82) is 0 Å². The van der Waals surface area contributed by atoms with Crippen molar-refractivity contribution in [3.05, 3.63) is 88.2 Å². The minimum atomic E-state index is -0.515. The second kappa shape index (κ2) is 9.52. The largest absolute Gasteiger partial charge is 0.465 e. The Bertz CT molecular complexity index is 996. The van der Waals surface area contributed by atoms with Crippen molar-refractivity contribution in [2.75, 3.05) is 12.4 Å². The lowest BCUT2D eigenvalue weighted by Crippen LogP contribution is -2.15. The van der Waals surface area contributed by atoms with Crippen LogP contribution in [0.3, 0.4) is 0 Å². The van der Waals surface area contributed by atoms with Crippen molar-refractivity contribution in [3.8, 4) is 0 Å². The molecule has 1 amide bonds. The van der Waals surface area contributed by atoms with Crippen LogP contribution < -0.4 is 5.32 Å². The molecule has 28 heavy (non-hydrogen) atoms. The number of aromatic nitrogens is 1. The van der Waals surface area contributed by atoms with E-state index in [0.717, 1.165) is 20.7 Å². The fraction of sp³-hybridized carbons (Fsp3) is 0.0952. The zero-order valence-corrected chi connectivity index (χ0v) is 17.4. The number of nitrogens with one attached hydrogen (secondary N) is 1. The molecule has 0 radical (unpaired) electrons. The van der Waals surface area contributed by atoms with Crippen LogP contribution in [-0.2, 0) is 10.5 Å². The average Bonchev–Trinajstić information content (AvgIpc) is 2.74. The molecule has 1 aromatic heterocycles. The molecule has 2 aromatic carbocycles. The number of halogens is 1. The maximum Gasteiger partial charge on any atom is 0.340 e. The fourth-order valence-corrected chi connectivity index (χ4v) is 3.69. The van der Waals surface area contributed by atoms with Gasteiger partial charge in [0.1, 0.15) is 0 Å². The Kier molecular flexibility index (Phi) is 6.84. The van der Waals surface area contributed by atoms with E-state index in [1.54, 1.807) is 48.4 Å². The van der Waals surface area contributed by atoms with E-state index in [4.69, 9.17) is 4.74 Å². The van der Waals surface area contributed by atoms with Crippen LogP contribution in [0, 0.1) is 0 Å². The molecule has 0 atom stereocenters. The summed E-state index contributed by atoms with van der Waals surface area (Å²) in [5.74, 6) is -0.0704. The van der Waals surface area contributed by atoms with Crippen molar-refractivity contribution < 1.29 is 14.3 Å². The van der Waals surface area contributed by atoms with Gasteiger partial charge in [0.2, 0.25) is 0 Å². The Morgan fingerprint density at radius 1 is 1.11 bits per heavy atom. The molecule has 0 saturated heterocycles. The first-order chi connectivity index (χ1) is 13.6. The number of carbonyl (C=O) groups excluding carboxylic acids is 2. The second-order valence-corrected chi connectivity index (χ2v) is 7.77. The Balaban J connectivity index is 1.74. The topological polar surface area (TPSA) is 68.3 Å². The first kappa shape index (κ1) is 20.1. The summed E-state index contributed by atoms with van der Waals surface area (Å²) in [6.07, 6.45) is 3.51. The predicted molar refractivity (Wildman–Crippen MR) is 114 cm³/mol. The first-order valence-electron chi connectivity index (χ1n) is 8.38. The molecule has 1 heterocycles. The Morgan fingerprint density at radius 3 is 2.64 bits per heavy atom. The third-order valence-electron chi connectivity index (χ3n) is 3.88. The minimum Gasteiger partial charge on any atom is -0.465 e. The normalized spacial score (nSPS) is 10.4. The van der Waals surface area contributed by atoms with Gasteiger partial charge in [0.25, 0.3) is 5.91 Å². The predicted octanol–water partition coefficient (Wildman–Crippen LogP) is 5.18. The summed E-state index contributed by atoms with van der Waals surface area (Å²) in [6, 6.07) is 16.3. The van der Waals surface area contributed by atoms with Gasteiger partial charge in [-0.05, 0) is 48.0 Å². The maximum absolute atomic E-state index is 12.7. The average molecular weight is 457 g/mol. The van der Waals surface area contributed by atoms with Crippen LogP contribution in [0.4, 0.5) is 5.69 Å². The number of hydrogen-bond donors (Lipinski definition) is 1. The summed E-state index contributed by atoms with van der Waals surface area (Å²) in [5, 5.41) is 2.79. The molecule has 0 spiro atoms. The molecule has 0 fully saturated rings. The molecule has 142 valence electrons. The van der Waals surface area contributed by atoms with Crippen molar-refractivity contribution >= 4 is 45.3 Å². The molecule has 5 nitrogen and oxygen atoms in total. The highest BCUT2D eigenvalue weighted by Gasteiger charge is 2.15. The minimum absolute atomic E-state index is 0.287. The van der Waals surface area contributed by atoms with E-state index in [2.05, 4.69) is 26.2 Å². The van der Waals surface area contributed by atoms with E-state index in [9.17, 15) is 9.59 Å². The number of methoxy groups -OCH3 is 1. The molecule has 3 aromatic rings. The van der Waals surface area contributed by atoms with E-state index < -0.39 is 5.97 Å². The van der Waals surface area contributed by atoms with Crippen LogP contribution in [0.1, 0.15) is 26.3 Å². The van der Waals surface area contributed by atoms with Crippen molar-refractivity contribution in [2.24, 2.45) is 0 Å². The summed E-state index contributed by atoms with van der Waals surface area (Å²) in [7, 11) is 1.30. The molecule has 0 aliphatic carbocycles. The molecule has 0 saturated carbocycles. The highest BCUT2D eigenvalue weighted by atomic mass is 79.9. The number of rotatable bonds is 6. The van der Waals surface area contributed by atoms with Gasteiger partial charge in [-0.3, -0.25) is 9.78 Å². The van der Waals surface area contributed by atoms with Crippen LogP contribution in [0.25, 0.3) is 0 Å². The number of thioether (sulfide) groups is 1. The number of amides is 1. The molecule has 0 aliphatic heterocycles. The highest BCUT2D eigenvalue weighted by Crippen LogP contribution is 2.24. The van der Waals surface area contributed by atoms with Gasteiger partial charge < -0.3 is 10.1 Å². The van der Waals surface area contributed by atoms with Gasteiger partial charge in [-0.2, -0.15) is 0 Å². The van der Waals surface area contributed by atoms with Gasteiger partial charge in [-0.15, -0.1) is 11.8 Å². The molecule has 0 aliphatic rings. The van der Waals surface area contributed by atoms with Crippen LogP contribution in [0.5, 0.6) is 0 Å². The summed E-state index contributed by atoms with van der Waals surface area (Å²) in [6.45, 7) is 0. The monoisotopic (exact) mass is 456 g/mol. The van der Waals surface area contributed by atoms with E-state index in [-0.39, 0.29) is 11.5 Å².